The third-order valence-electron chi connectivity index (χ3n) is 7.26. The number of aromatic nitrogens is 4. The van der Waals surface area contributed by atoms with Gasteiger partial charge in [0.2, 0.25) is 0 Å². The zero-order chi connectivity index (χ0) is 23.1. The van der Waals surface area contributed by atoms with Gasteiger partial charge in [-0.25, -0.2) is 9.61 Å². The van der Waals surface area contributed by atoms with Crippen LogP contribution in [-0.4, -0.2) is 43.2 Å². The van der Waals surface area contributed by atoms with Crippen molar-refractivity contribution in [1.29, 1.82) is 0 Å². The highest BCUT2D eigenvalue weighted by Gasteiger charge is 2.43. The smallest absolute Gasteiger partial charge is 0.258 e. The molecule has 6 rings (SSSR count). The van der Waals surface area contributed by atoms with Crippen LogP contribution in [0, 0.1) is 12.8 Å². The molecule has 2 atom stereocenters. The van der Waals surface area contributed by atoms with E-state index in [9.17, 15) is 4.79 Å². The molecule has 1 N–H and O–H groups in total. The highest BCUT2D eigenvalue weighted by molar-refractivity contribution is 5.97. The minimum absolute atomic E-state index is 0.0579. The van der Waals surface area contributed by atoms with Gasteiger partial charge < -0.3 is 14.6 Å². The van der Waals surface area contributed by atoms with Crippen LogP contribution in [0.2, 0.25) is 0 Å². The van der Waals surface area contributed by atoms with E-state index in [1.807, 2.05) is 43.5 Å². The Hall–Kier alpha value is -3.68. The van der Waals surface area contributed by atoms with Crippen molar-refractivity contribution in [3.63, 3.8) is 0 Å². The largest absolute Gasteiger partial charge is 0.486 e. The van der Waals surface area contributed by atoms with Crippen molar-refractivity contribution in [3.05, 3.63) is 71.3 Å². The van der Waals surface area contributed by atoms with Crippen LogP contribution in [-0.2, 0) is 13.0 Å². The number of ether oxygens (including phenoxy) is 1. The summed E-state index contributed by atoms with van der Waals surface area (Å²) in [6, 6.07) is 14.3. The Kier molecular flexibility index (Phi) is 5.28. The Morgan fingerprint density at radius 2 is 1.94 bits per heavy atom. The first-order chi connectivity index (χ1) is 16.7. The molecule has 8 heteroatoms. The third kappa shape index (κ3) is 3.83. The monoisotopic (exact) mass is 457 g/mol. The van der Waals surface area contributed by atoms with Gasteiger partial charge in [-0.1, -0.05) is 22.4 Å². The fraction of sp³-hybridized carbons (Fsp3) is 0.385. The third-order valence-corrected chi connectivity index (χ3v) is 7.26. The molecule has 174 valence electrons. The first-order valence-corrected chi connectivity index (χ1v) is 11.9. The topological polar surface area (TPSA) is 97.1 Å². The molecule has 2 aliphatic heterocycles. The predicted octanol–water partition coefficient (Wildman–Crippen LogP) is 4.46. The van der Waals surface area contributed by atoms with Crippen LogP contribution in [0.3, 0.4) is 0 Å². The molecule has 0 spiro atoms. The van der Waals surface area contributed by atoms with Crippen LogP contribution in [0.15, 0.2) is 53.3 Å². The van der Waals surface area contributed by atoms with Gasteiger partial charge in [-0.2, -0.15) is 0 Å². The summed E-state index contributed by atoms with van der Waals surface area (Å²) in [5, 5.41) is 8.80. The first-order valence-electron chi connectivity index (χ1n) is 11.9. The number of nitrogens with zero attached hydrogens (tertiary/aromatic N) is 4. The van der Waals surface area contributed by atoms with Crippen molar-refractivity contribution in [2.24, 2.45) is 5.92 Å². The van der Waals surface area contributed by atoms with Crippen LogP contribution in [0.4, 0.5) is 0 Å². The van der Waals surface area contributed by atoms with E-state index in [1.54, 1.807) is 0 Å². The lowest BCUT2D eigenvalue weighted by molar-refractivity contribution is 0.0519. The minimum Gasteiger partial charge on any atom is -0.486 e. The number of carbonyl (C=O) groups excluding carboxylic acids is 1. The highest BCUT2D eigenvalue weighted by atomic mass is 16.6. The lowest BCUT2D eigenvalue weighted by Gasteiger charge is -2.39. The van der Waals surface area contributed by atoms with Crippen molar-refractivity contribution < 1.29 is 14.2 Å². The van der Waals surface area contributed by atoms with Crippen LogP contribution < -0.4 is 4.74 Å². The fourth-order valence-corrected chi connectivity index (χ4v) is 5.60. The minimum atomic E-state index is 0.0579. The highest BCUT2D eigenvalue weighted by Crippen LogP contribution is 2.41. The number of aryl methyl sites for hydroxylation is 1. The second-order valence-corrected chi connectivity index (χ2v) is 9.44. The molecule has 0 aliphatic carbocycles. The molecule has 34 heavy (non-hydrogen) atoms. The summed E-state index contributed by atoms with van der Waals surface area (Å²) in [5.74, 6) is 1.16. The number of piperidine rings is 1. The molecular formula is C26H27N5O3. The van der Waals surface area contributed by atoms with Gasteiger partial charge in [-0.15, -0.1) is 0 Å². The summed E-state index contributed by atoms with van der Waals surface area (Å²) in [4.78, 5) is 23.8. The second kappa shape index (κ2) is 8.59. The first kappa shape index (κ1) is 20.9. The number of aromatic amines is 1. The molecule has 2 saturated heterocycles. The number of rotatable bonds is 6. The van der Waals surface area contributed by atoms with Crippen LogP contribution in [0.25, 0.3) is 11.0 Å². The number of para-hydroxylation sites is 1. The summed E-state index contributed by atoms with van der Waals surface area (Å²) in [5.41, 5.74) is 3.99. The van der Waals surface area contributed by atoms with Gasteiger partial charge in [0.15, 0.2) is 0 Å². The van der Waals surface area contributed by atoms with Crippen molar-refractivity contribution in [2.75, 3.05) is 0 Å². The van der Waals surface area contributed by atoms with Gasteiger partial charge in [0.05, 0.1) is 5.56 Å². The van der Waals surface area contributed by atoms with E-state index in [4.69, 9.17) is 14.3 Å². The molecule has 2 aliphatic rings. The summed E-state index contributed by atoms with van der Waals surface area (Å²) < 4.78 is 10.7. The van der Waals surface area contributed by atoms with E-state index in [2.05, 4.69) is 32.3 Å². The Balaban J connectivity index is 1.16. The maximum Gasteiger partial charge on any atom is 0.258 e. The molecule has 0 radical (unpaired) electrons. The van der Waals surface area contributed by atoms with E-state index >= 15 is 0 Å². The fourth-order valence-electron chi connectivity index (χ4n) is 5.60. The molecule has 1 amide bonds. The maximum atomic E-state index is 13.7. The summed E-state index contributed by atoms with van der Waals surface area (Å²) in [7, 11) is 0. The maximum absolute atomic E-state index is 13.7. The average molecular weight is 458 g/mol. The number of carbonyl (C=O) groups is 1. The zero-order valence-electron chi connectivity index (χ0n) is 19.1. The number of nitrogens with one attached hydrogen (secondary N) is 1. The number of H-pyrrole nitrogens is 1. The number of fused-ring (bicyclic) bond motifs is 3. The Morgan fingerprint density at radius 1 is 1.12 bits per heavy atom. The Labute approximate surface area is 197 Å². The van der Waals surface area contributed by atoms with E-state index in [1.165, 1.54) is 0 Å². The van der Waals surface area contributed by atoms with Crippen molar-refractivity contribution in [1.82, 2.24) is 25.2 Å². The van der Waals surface area contributed by atoms with E-state index in [-0.39, 0.29) is 24.6 Å². The average Bonchev–Trinajstić information content (AvgIpc) is 3.55. The van der Waals surface area contributed by atoms with Crippen LogP contribution in [0.5, 0.6) is 5.75 Å². The van der Waals surface area contributed by atoms with E-state index in [0.717, 1.165) is 48.8 Å². The molecule has 8 nitrogen and oxygen atoms in total. The molecule has 4 aromatic rings. The molecule has 0 saturated carbocycles. The summed E-state index contributed by atoms with van der Waals surface area (Å²) in [6.45, 7) is 2.03. The number of hydrogen-bond acceptors (Lipinski definition) is 6. The van der Waals surface area contributed by atoms with E-state index in [0.29, 0.717) is 28.6 Å². The molecule has 1 aromatic carbocycles. The Morgan fingerprint density at radius 3 is 2.74 bits per heavy atom. The number of amides is 1. The summed E-state index contributed by atoms with van der Waals surface area (Å²) >= 11 is 0. The van der Waals surface area contributed by atoms with Gasteiger partial charge >= 0.3 is 0 Å². The normalized spacial score (nSPS) is 21.8. The summed E-state index contributed by atoms with van der Waals surface area (Å²) in [6.07, 6.45) is 7.02. The van der Waals surface area contributed by atoms with Gasteiger partial charge in [0.25, 0.3) is 5.91 Å². The molecule has 0 unspecified atom stereocenters. The van der Waals surface area contributed by atoms with Crippen molar-refractivity contribution >= 4 is 16.9 Å². The van der Waals surface area contributed by atoms with Gasteiger partial charge in [-0.05, 0) is 75.3 Å². The van der Waals surface area contributed by atoms with Gasteiger partial charge in [0.1, 0.15) is 29.4 Å². The van der Waals surface area contributed by atoms with Gasteiger partial charge in [0, 0.05) is 29.4 Å². The van der Waals surface area contributed by atoms with Gasteiger partial charge in [-0.3, -0.25) is 4.79 Å². The van der Waals surface area contributed by atoms with Crippen LogP contribution in [0.1, 0.15) is 53.1 Å². The molecule has 5 heterocycles. The lowest BCUT2D eigenvalue weighted by atomic mass is 9.86. The quantitative estimate of drug-likeness (QED) is 0.459. The molecule has 3 aromatic heterocycles. The van der Waals surface area contributed by atoms with E-state index < -0.39 is 0 Å². The predicted molar refractivity (Wildman–Crippen MR) is 125 cm³/mol. The number of pyridine rings is 1. The van der Waals surface area contributed by atoms with Crippen LogP contribution >= 0.6 is 0 Å². The Bertz CT molecular complexity index is 1310. The van der Waals surface area contributed by atoms with Crippen molar-refractivity contribution in [2.45, 2.75) is 57.7 Å². The lowest BCUT2D eigenvalue weighted by Crippen LogP contribution is -2.47. The molecule has 2 fully saturated rings. The molecule has 2 bridgehead atoms. The zero-order valence-corrected chi connectivity index (χ0v) is 19.1. The van der Waals surface area contributed by atoms with Crippen molar-refractivity contribution in [3.8, 4) is 5.75 Å². The molecular weight excluding hydrogens is 430 g/mol. The standard InChI is InChI=1S/C26H27N5O3/c1-16-23(30-34-29-16)15-33-24-5-3-2-4-22(24)26(32)31-20-8-9-21(31)14-17(13-20)12-19-7-6-18-10-11-27-25(18)28-19/h2-7,10-11,17,20-21H,8-9,12-15H2,1H3,(H,27,28)/t20-,21-/m0/s1. The second-order valence-electron chi connectivity index (χ2n) is 9.44. The number of benzene rings is 1. The number of hydrogen-bond donors (Lipinski definition) is 1. The SMILES string of the molecule is Cc1nonc1COc1ccccc1C(=O)N1[C@H]2CC[C@H]1CC(Cc1ccc3cc[nH]c3n1)C2.